The second kappa shape index (κ2) is 6.91. The maximum absolute atomic E-state index is 3.55. The molecule has 2 fully saturated rings. The van der Waals surface area contributed by atoms with Gasteiger partial charge in [-0.2, -0.15) is 0 Å². The number of nitrogens with zero attached hydrogens (tertiary/aromatic N) is 1. The maximum Gasteiger partial charge on any atom is 0.0248 e. The van der Waals surface area contributed by atoms with Crippen LogP contribution < -0.4 is 5.32 Å². The van der Waals surface area contributed by atoms with Gasteiger partial charge in [0.2, 0.25) is 0 Å². The molecule has 0 amide bonds. The average Bonchev–Trinajstić information content (AvgIpc) is 2.40. The minimum atomic E-state index is 0.717. The molecule has 0 radical (unpaired) electrons. The highest BCUT2D eigenvalue weighted by Gasteiger charge is 2.31. The van der Waals surface area contributed by atoms with Gasteiger partial charge < -0.3 is 10.2 Å². The first-order chi connectivity index (χ1) is 8.70. The van der Waals surface area contributed by atoms with E-state index in [1.165, 1.54) is 57.9 Å². The van der Waals surface area contributed by atoms with Crippen molar-refractivity contribution in [3.8, 4) is 0 Å². The summed E-state index contributed by atoms with van der Waals surface area (Å²) < 4.78 is 0. The molecule has 2 aliphatic rings. The van der Waals surface area contributed by atoms with Crippen molar-refractivity contribution in [2.45, 2.75) is 70.4 Å². The van der Waals surface area contributed by atoms with Crippen LogP contribution in [-0.4, -0.2) is 37.6 Å². The van der Waals surface area contributed by atoms with E-state index in [4.69, 9.17) is 0 Å². The molecule has 106 valence electrons. The molecule has 0 spiro atoms. The summed E-state index contributed by atoms with van der Waals surface area (Å²) >= 11 is 0. The lowest BCUT2D eigenvalue weighted by atomic mass is 9.81. The van der Waals surface area contributed by atoms with Crippen LogP contribution in [0.1, 0.15) is 58.3 Å². The molecule has 3 atom stereocenters. The quantitative estimate of drug-likeness (QED) is 0.826. The van der Waals surface area contributed by atoms with Crippen LogP contribution in [0.2, 0.25) is 0 Å². The van der Waals surface area contributed by atoms with Crippen LogP contribution >= 0.6 is 0 Å². The molecule has 2 saturated carbocycles. The highest BCUT2D eigenvalue weighted by Crippen LogP contribution is 2.30. The van der Waals surface area contributed by atoms with Crippen molar-refractivity contribution in [2.24, 2.45) is 11.8 Å². The van der Waals surface area contributed by atoms with E-state index in [1.54, 1.807) is 0 Å². The van der Waals surface area contributed by atoms with Gasteiger partial charge in [-0.05, 0) is 58.0 Å². The minimum absolute atomic E-state index is 0.717. The normalized spacial score (nSPS) is 35.0. The van der Waals surface area contributed by atoms with E-state index in [9.17, 15) is 0 Å². The van der Waals surface area contributed by atoms with Crippen LogP contribution in [0.15, 0.2) is 0 Å². The molecule has 0 heterocycles. The second-order valence-corrected chi connectivity index (χ2v) is 6.82. The Hall–Kier alpha value is -0.0800. The molecule has 0 aliphatic heterocycles. The third kappa shape index (κ3) is 3.71. The zero-order chi connectivity index (χ0) is 13.0. The van der Waals surface area contributed by atoms with Crippen LogP contribution in [-0.2, 0) is 0 Å². The fourth-order valence-corrected chi connectivity index (χ4v) is 4.09. The Morgan fingerprint density at radius 3 is 2.44 bits per heavy atom. The van der Waals surface area contributed by atoms with Crippen molar-refractivity contribution in [2.75, 3.05) is 20.6 Å². The number of rotatable bonds is 4. The molecule has 0 bridgehead atoms. The van der Waals surface area contributed by atoms with Crippen LogP contribution in [0, 0.1) is 11.8 Å². The summed E-state index contributed by atoms with van der Waals surface area (Å²) in [6.45, 7) is 3.75. The lowest BCUT2D eigenvalue weighted by Crippen LogP contribution is -2.51. The largest absolute Gasteiger partial charge is 0.315 e. The Kier molecular flexibility index (Phi) is 5.50. The predicted octanol–water partition coefficient (Wildman–Crippen LogP) is 3.28. The minimum Gasteiger partial charge on any atom is -0.315 e. The van der Waals surface area contributed by atoms with Gasteiger partial charge in [0.25, 0.3) is 0 Å². The molecule has 0 aromatic carbocycles. The van der Waals surface area contributed by atoms with Crippen LogP contribution in [0.25, 0.3) is 0 Å². The summed E-state index contributed by atoms with van der Waals surface area (Å²) in [5.41, 5.74) is 0. The zero-order valence-electron chi connectivity index (χ0n) is 12.6. The van der Waals surface area contributed by atoms with Gasteiger partial charge in [0, 0.05) is 18.6 Å². The molecule has 2 rings (SSSR count). The highest BCUT2D eigenvalue weighted by atomic mass is 15.2. The van der Waals surface area contributed by atoms with Crippen molar-refractivity contribution in [1.29, 1.82) is 0 Å². The zero-order valence-corrected chi connectivity index (χ0v) is 12.6. The van der Waals surface area contributed by atoms with Gasteiger partial charge in [0.05, 0.1) is 0 Å². The van der Waals surface area contributed by atoms with Gasteiger partial charge in [0.15, 0.2) is 0 Å². The van der Waals surface area contributed by atoms with E-state index in [0.29, 0.717) is 0 Å². The lowest BCUT2D eigenvalue weighted by Gasteiger charge is -2.42. The van der Waals surface area contributed by atoms with E-state index >= 15 is 0 Å². The Bertz CT molecular complexity index is 235. The van der Waals surface area contributed by atoms with Crippen molar-refractivity contribution >= 4 is 0 Å². The van der Waals surface area contributed by atoms with E-state index in [-0.39, 0.29) is 0 Å². The Labute approximate surface area is 114 Å². The van der Waals surface area contributed by atoms with E-state index < -0.39 is 0 Å². The summed E-state index contributed by atoms with van der Waals surface area (Å²) in [6.07, 6.45) is 11.5. The van der Waals surface area contributed by atoms with Crippen molar-refractivity contribution in [3.63, 3.8) is 0 Å². The van der Waals surface area contributed by atoms with Crippen molar-refractivity contribution in [3.05, 3.63) is 0 Å². The SMILES string of the molecule is CNC1CCC(C)CC1N(C)CC1CCCCC1. The number of hydrogen-bond donors (Lipinski definition) is 1. The first-order valence-electron chi connectivity index (χ1n) is 8.08. The second-order valence-electron chi connectivity index (χ2n) is 6.82. The van der Waals surface area contributed by atoms with Crippen molar-refractivity contribution in [1.82, 2.24) is 10.2 Å². The molecule has 0 aromatic heterocycles. The fraction of sp³-hybridized carbons (Fsp3) is 1.00. The number of nitrogens with one attached hydrogen (secondary N) is 1. The van der Waals surface area contributed by atoms with Crippen LogP contribution in [0.3, 0.4) is 0 Å². The van der Waals surface area contributed by atoms with E-state index in [0.717, 1.165) is 23.9 Å². The van der Waals surface area contributed by atoms with Crippen molar-refractivity contribution < 1.29 is 0 Å². The Morgan fingerprint density at radius 1 is 1.06 bits per heavy atom. The van der Waals surface area contributed by atoms with Gasteiger partial charge in [-0.3, -0.25) is 0 Å². The highest BCUT2D eigenvalue weighted by molar-refractivity contribution is 4.89. The standard InChI is InChI=1S/C16H32N2/c1-13-9-10-15(17-2)16(11-13)18(3)12-14-7-5-4-6-8-14/h13-17H,4-12H2,1-3H3. The summed E-state index contributed by atoms with van der Waals surface area (Å²) in [4.78, 5) is 2.67. The molecule has 2 aliphatic carbocycles. The molecule has 18 heavy (non-hydrogen) atoms. The summed E-state index contributed by atoms with van der Waals surface area (Å²) in [6, 6.07) is 1.48. The lowest BCUT2D eigenvalue weighted by molar-refractivity contribution is 0.105. The molecule has 1 N–H and O–H groups in total. The Balaban J connectivity index is 1.86. The maximum atomic E-state index is 3.55. The fourth-order valence-electron chi connectivity index (χ4n) is 4.09. The summed E-state index contributed by atoms with van der Waals surface area (Å²) in [5, 5.41) is 3.55. The predicted molar refractivity (Wildman–Crippen MR) is 78.9 cm³/mol. The van der Waals surface area contributed by atoms with E-state index in [1.807, 2.05) is 0 Å². The van der Waals surface area contributed by atoms with Crippen LogP contribution in [0.4, 0.5) is 0 Å². The molecular weight excluding hydrogens is 220 g/mol. The molecule has 0 aromatic rings. The topological polar surface area (TPSA) is 15.3 Å². The third-order valence-corrected chi connectivity index (χ3v) is 5.29. The van der Waals surface area contributed by atoms with Gasteiger partial charge >= 0.3 is 0 Å². The van der Waals surface area contributed by atoms with Gasteiger partial charge in [-0.25, -0.2) is 0 Å². The van der Waals surface area contributed by atoms with E-state index in [2.05, 4.69) is 31.2 Å². The number of hydrogen-bond acceptors (Lipinski definition) is 2. The first-order valence-corrected chi connectivity index (χ1v) is 8.08. The molecule has 3 unspecified atom stereocenters. The smallest absolute Gasteiger partial charge is 0.0248 e. The first kappa shape index (κ1) is 14.3. The third-order valence-electron chi connectivity index (χ3n) is 5.29. The van der Waals surface area contributed by atoms with Gasteiger partial charge in [0.1, 0.15) is 0 Å². The monoisotopic (exact) mass is 252 g/mol. The number of likely N-dealkylation sites (N-methyl/N-ethyl adjacent to an activating group) is 2. The molecule has 2 heteroatoms. The van der Waals surface area contributed by atoms with Gasteiger partial charge in [-0.1, -0.05) is 26.2 Å². The summed E-state index contributed by atoms with van der Waals surface area (Å²) in [5.74, 6) is 1.88. The van der Waals surface area contributed by atoms with Gasteiger partial charge in [-0.15, -0.1) is 0 Å². The molecule has 0 saturated heterocycles. The average molecular weight is 252 g/mol. The molecular formula is C16H32N2. The molecule has 2 nitrogen and oxygen atoms in total. The van der Waals surface area contributed by atoms with Crippen LogP contribution in [0.5, 0.6) is 0 Å². The Morgan fingerprint density at radius 2 is 1.78 bits per heavy atom. The summed E-state index contributed by atoms with van der Waals surface area (Å²) in [7, 11) is 4.50.